The van der Waals surface area contributed by atoms with Crippen LogP contribution in [-0.4, -0.2) is 29.7 Å². The van der Waals surface area contributed by atoms with E-state index in [2.05, 4.69) is 0 Å². The number of carboxylic acids is 1. The molecule has 0 spiro atoms. The minimum atomic E-state index is -4.54. The molecule has 0 heterocycles. The van der Waals surface area contributed by atoms with Crippen molar-refractivity contribution in [1.82, 2.24) is 5.32 Å². The lowest BCUT2D eigenvalue weighted by Gasteiger charge is -2.06. The van der Waals surface area contributed by atoms with E-state index < -0.39 is 23.6 Å². The predicted octanol–water partition coefficient (Wildman–Crippen LogP) is 1.09. The highest BCUT2D eigenvalue weighted by Crippen LogP contribution is 2.24. The average molecular weight is 225 g/mol. The van der Waals surface area contributed by atoms with E-state index in [4.69, 9.17) is 5.11 Å². The lowest BCUT2D eigenvalue weighted by atomic mass is 10.2. The third kappa shape index (κ3) is 6.53. The summed E-state index contributed by atoms with van der Waals surface area (Å²) in [5, 5.41) is 10.2. The van der Waals surface area contributed by atoms with Gasteiger partial charge in [0.25, 0.3) is 0 Å². The molecule has 0 atom stereocenters. The van der Waals surface area contributed by atoms with Crippen molar-refractivity contribution >= 4 is 11.9 Å². The summed E-state index contributed by atoms with van der Waals surface area (Å²) >= 11 is 0. The number of rotatable bonds is 4. The number of hydrogen-bond donors (Lipinski definition) is 2. The van der Waals surface area contributed by atoms with Crippen molar-refractivity contribution in [3.8, 4) is 0 Å². The first-order chi connectivity index (χ1) is 6.73. The van der Waals surface area contributed by atoms with Crippen LogP contribution in [0, 0.1) is 0 Å². The molecule has 0 aliphatic rings. The summed E-state index contributed by atoms with van der Waals surface area (Å²) in [4.78, 5) is 20.8. The molecular weight excluding hydrogens is 215 g/mol. The monoisotopic (exact) mass is 225 g/mol. The van der Waals surface area contributed by atoms with Crippen LogP contribution in [0.4, 0.5) is 13.2 Å². The Labute approximate surface area is 83.8 Å². The number of aliphatic carboxylic acids is 1. The Morgan fingerprint density at radius 2 is 1.93 bits per heavy atom. The number of amides is 1. The highest BCUT2D eigenvalue weighted by atomic mass is 19.4. The van der Waals surface area contributed by atoms with Crippen LogP contribution in [0.25, 0.3) is 0 Å². The summed E-state index contributed by atoms with van der Waals surface area (Å²) in [6.45, 7) is 0.562. The van der Waals surface area contributed by atoms with E-state index in [0.717, 1.165) is 6.92 Å². The highest BCUT2D eigenvalue weighted by Gasteiger charge is 2.30. The molecule has 1 amide bonds. The topological polar surface area (TPSA) is 66.4 Å². The summed E-state index contributed by atoms with van der Waals surface area (Å²) < 4.78 is 35.8. The van der Waals surface area contributed by atoms with E-state index in [0.29, 0.717) is 6.08 Å². The standard InChI is InChI=1S/C8H10F3NO3/c1-5(8(9,10)11)4-6(13)12-3-2-7(14)15/h4H,2-3H2,1H3,(H,12,13)(H,14,15)/b5-4+. The van der Waals surface area contributed by atoms with Crippen LogP contribution in [0.1, 0.15) is 13.3 Å². The number of carboxylic acid groups (broad SMARTS) is 1. The van der Waals surface area contributed by atoms with Crippen molar-refractivity contribution in [2.24, 2.45) is 0 Å². The van der Waals surface area contributed by atoms with E-state index in [1.165, 1.54) is 0 Å². The second-order valence-electron chi connectivity index (χ2n) is 2.76. The number of allylic oxidation sites excluding steroid dienone is 1. The number of nitrogens with one attached hydrogen (secondary N) is 1. The lowest BCUT2D eigenvalue weighted by molar-refractivity contribution is -0.136. The molecule has 7 heteroatoms. The Bertz CT molecular complexity index is 283. The first-order valence-corrected chi connectivity index (χ1v) is 3.98. The third-order valence-electron chi connectivity index (χ3n) is 1.43. The minimum absolute atomic E-state index is 0.199. The fourth-order valence-electron chi connectivity index (χ4n) is 0.622. The first kappa shape index (κ1) is 13.5. The van der Waals surface area contributed by atoms with Gasteiger partial charge in [0.15, 0.2) is 0 Å². The van der Waals surface area contributed by atoms with Crippen molar-refractivity contribution in [2.75, 3.05) is 6.54 Å². The summed E-state index contributed by atoms with van der Waals surface area (Å²) in [6, 6.07) is 0. The van der Waals surface area contributed by atoms with Crippen molar-refractivity contribution in [3.63, 3.8) is 0 Å². The van der Waals surface area contributed by atoms with Gasteiger partial charge in [0, 0.05) is 18.2 Å². The molecule has 0 aromatic carbocycles. The molecule has 0 bridgehead atoms. The Balaban J connectivity index is 4.08. The minimum Gasteiger partial charge on any atom is -0.481 e. The van der Waals surface area contributed by atoms with E-state index in [1.807, 2.05) is 5.32 Å². The Kier molecular flexibility index (Phi) is 4.83. The average Bonchev–Trinajstić information content (AvgIpc) is 2.01. The van der Waals surface area contributed by atoms with E-state index in [-0.39, 0.29) is 13.0 Å². The molecule has 2 N–H and O–H groups in total. The van der Waals surface area contributed by atoms with Gasteiger partial charge in [-0.3, -0.25) is 9.59 Å². The zero-order valence-corrected chi connectivity index (χ0v) is 7.89. The number of carbonyl (C=O) groups is 2. The second-order valence-corrected chi connectivity index (χ2v) is 2.76. The summed E-state index contributed by atoms with van der Waals surface area (Å²) in [7, 11) is 0. The molecule has 0 aliphatic heterocycles. The van der Waals surface area contributed by atoms with Crippen LogP contribution in [0.15, 0.2) is 11.6 Å². The Morgan fingerprint density at radius 3 is 2.33 bits per heavy atom. The smallest absolute Gasteiger partial charge is 0.412 e. The van der Waals surface area contributed by atoms with E-state index >= 15 is 0 Å². The fraction of sp³-hybridized carbons (Fsp3) is 0.500. The van der Waals surface area contributed by atoms with Crippen molar-refractivity contribution in [3.05, 3.63) is 11.6 Å². The maximum atomic E-state index is 11.9. The Hall–Kier alpha value is -1.53. The summed E-state index contributed by atoms with van der Waals surface area (Å²) in [5.41, 5.74) is -1.03. The molecule has 0 saturated heterocycles. The van der Waals surface area contributed by atoms with Gasteiger partial charge in [0.05, 0.1) is 6.42 Å². The molecule has 86 valence electrons. The van der Waals surface area contributed by atoms with Crippen LogP contribution in [0.2, 0.25) is 0 Å². The van der Waals surface area contributed by atoms with Crippen LogP contribution >= 0.6 is 0 Å². The van der Waals surface area contributed by atoms with Gasteiger partial charge in [-0.25, -0.2) is 0 Å². The molecule has 0 rings (SSSR count). The molecular formula is C8H10F3NO3. The molecule has 4 nitrogen and oxygen atoms in total. The third-order valence-corrected chi connectivity index (χ3v) is 1.43. The molecule has 15 heavy (non-hydrogen) atoms. The van der Waals surface area contributed by atoms with Crippen molar-refractivity contribution in [2.45, 2.75) is 19.5 Å². The number of alkyl halides is 3. The van der Waals surface area contributed by atoms with Crippen molar-refractivity contribution < 1.29 is 27.9 Å². The number of halogens is 3. The zero-order chi connectivity index (χ0) is 12.1. The maximum Gasteiger partial charge on any atom is 0.412 e. The van der Waals surface area contributed by atoms with Gasteiger partial charge < -0.3 is 10.4 Å². The highest BCUT2D eigenvalue weighted by molar-refractivity contribution is 5.88. The van der Waals surface area contributed by atoms with Gasteiger partial charge in [0.1, 0.15) is 0 Å². The quantitative estimate of drug-likeness (QED) is 0.703. The van der Waals surface area contributed by atoms with E-state index in [1.54, 1.807) is 0 Å². The van der Waals surface area contributed by atoms with Crippen LogP contribution in [0.5, 0.6) is 0 Å². The summed E-state index contributed by atoms with van der Waals surface area (Å²) in [6.07, 6.45) is -4.48. The fourth-order valence-corrected chi connectivity index (χ4v) is 0.622. The molecule has 0 aromatic rings. The van der Waals surface area contributed by atoms with E-state index in [9.17, 15) is 22.8 Å². The normalized spacial score (nSPS) is 12.4. The molecule has 0 radical (unpaired) electrons. The second kappa shape index (κ2) is 5.38. The van der Waals surface area contributed by atoms with Crippen LogP contribution in [-0.2, 0) is 9.59 Å². The SMILES string of the molecule is C/C(=C\C(=O)NCCC(=O)O)C(F)(F)F. The largest absolute Gasteiger partial charge is 0.481 e. The van der Waals surface area contributed by atoms with Gasteiger partial charge in [-0.2, -0.15) is 13.2 Å². The number of hydrogen-bond acceptors (Lipinski definition) is 2. The Morgan fingerprint density at radius 1 is 1.40 bits per heavy atom. The predicted molar refractivity (Wildman–Crippen MR) is 45.1 cm³/mol. The van der Waals surface area contributed by atoms with Crippen LogP contribution in [0.3, 0.4) is 0 Å². The summed E-state index contributed by atoms with van der Waals surface area (Å²) in [5.74, 6) is -2.09. The van der Waals surface area contributed by atoms with Gasteiger partial charge in [-0.1, -0.05) is 0 Å². The molecule has 0 fully saturated rings. The molecule has 0 saturated carbocycles. The maximum absolute atomic E-state index is 11.9. The van der Waals surface area contributed by atoms with Gasteiger partial charge >= 0.3 is 12.1 Å². The van der Waals surface area contributed by atoms with Crippen LogP contribution < -0.4 is 5.32 Å². The zero-order valence-electron chi connectivity index (χ0n) is 7.89. The van der Waals surface area contributed by atoms with Gasteiger partial charge in [-0.05, 0) is 6.92 Å². The lowest BCUT2D eigenvalue weighted by Crippen LogP contribution is -2.25. The molecule has 0 unspecified atom stereocenters. The van der Waals surface area contributed by atoms with Gasteiger partial charge in [-0.15, -0.1) is 0 Å². The molecule has 0 aromatic heterocycles. The molecule has 0 aliphatic carbocycles. The van der Waals surface area contributed by atoms with Gasteiger partial charge in [0.2, 0.25) is 5.91 Å². The first-order valence-electron chi connectivity index (χ1n) is 3.98. The number of carbonyl (C=O) groups excluding carboxylic acids is 1. The van der Waals surface area contributed by atoms with Crippen molar-refractivity contribution in [1.29, 1.82) is 0 Å².